The van der Waals surface area contributed by atoms with E-state index < -0.39 is 10.0 Å². The summed E-state index contributed by atoms with van der Waals surface area (Å²) in [5, 5.41) is 0. The van der Waals surface area contributed by atoms with Gasteiger partial charge in [0.25, 0.3) is 0 Å². The maximum absolute atomic E-state index is 12.6. The zero-order chi connectivity index (χ0) is 23.1. The molecule has 176 valence electrons. The number of ether oxygens (including phenoxy) is 1. The van der Waals surface area contributed by atoms with Gasteiger partial charge in [-0.3, -0.25) is 4.90 Å². The molecule has 1 heterocycles. The van der Waals surface area contributed by atoms with Crippen LogP contribution >= 0.6 is 0 Å². The van der Waals surface area contributed by atoms with Crippen molar-refractivity contribution in [3.05, 3.63) is 53.6 Å². The molecule has 0 unspecified atom stereocenters. The molecule has 0 atom stereocenters. The van der Waals surface area contributed by atoms with Gasteiger partial charge >= 0.3 is 0 Å². The van der Waals surface area contributed by atoms with E-state index >= 15 is 0 Å². The average molecular weight is 460 g/mol. The highest BCUT2D eigenvalue weighted by molar-refractivity contribution is 7.89. The van der Waals surface area contributed by atoms with Crippen molar-refractivity contribution in [2.45, 2.75) is 51.5 Å². The number of nitrogens with one attached hydrogen (secondary N) is 1. The lowest BCUT2D eigenvalue weighted by Gasteiger charge is -2.36. The van der Waals surface area contributed by atoms with Crippen molar-refractivity contribution < 1.29 is 13.2 Å². The summed E-state index contributed by atoms with van der Waals surface area (Å²) in [6, 6.07) is 13.7. The Morgan fingerprint density at radius 3 is 2.41 bits per heavy atom. The highest BCUT2D eigenvalue weighted by Crippen LogP contribution is 2.23. The summed E-state index contributed by atoms with van der Waals surface area (Å²) in [7, 11) is -3.50. The minimum atomic E-state index is -3.50. The Bertz CT molecular complexity index is 984. The number of sulfonamides is 1. The van der Waals surface area contributed by atoms with Gasteiger partial charge in [-0.15, -0.1) is 0 Å². The van der Waals surface area contributed by atoms with Crippen molar-refractivity contribution in [3.8, 4) is 5.75 Å². The average Bonchev–Trinajstić information content (AvgIpc) is 2.75. The molecule has 1 saturated heterocycles. The molecule has 1 aliphatic heterocycles. The maximum Gasteiger partial charge on any atom is 0.240 e. The number of nitrogens with zero attached hydrogens (tertiary/aromatic N) is 2. The van der Waals surface area contributed by atoms with E-state index in [1.807, 2.05) is 20.8 Å². The Kier molecular flexibility index (Phi) is 8.57. The molecule has 0 aromatic heterocycles. The fraction of sp³-hybridized carbons (Fsp3) is 0.520. The molecule has 7 heteroatoms. The van der Waals surface area contributed by atoms with Gasteiger partial charge in [0.05, 0.1) is 11.0 Å². The molecule has 0 radical (unpaired) electrons. The number of rotatable bonds is 10. The molecule has 0 aliphatic carbocycles. The third-order valence-corrected chi connectivity index (χ3v) is 7.21. The number of unbranched alkanes of at least 4 members (excludes halogenated alkanes) is 1. The quantitative estimate of drug-likeness (QED) is 0.545. The standard InChI is InChI=1S/C25H37N3O3S/c1-20(2)31-25-11-10-24(19-22(25)4)32(29,30)26-12-5-6-13-27-14-16-28(17-15-27)23-9-7-8-21(3)18-23/h7-11,18-20,26H,5-6,12-17H2,1-4H3. The summed E-state index contributed by atoms with van der Waals surface area (Å²) >= 11 is 0. The van der Waals surface area contributed by atoms with E-state index in [1.54, 1.807) is 18.2 Å². The second-order valence-electron chi connectivity index (χ2n) is 8.87. The van der Waals surface area contributed by atoms with Crippen LogP contribution in [0.3, 0.4) is 0 Å². The number of aryl methyl sites for hydroxylation is 2. The van der Waals surface area contributed by atoms with Gasteiger partial charge < -0.3 is 9.64 Å². The van der Waals surface area contributed by atoms with Gasteiger partial charge in [0, 0.05) is 38.4 Å². The Balaban J connectivity index is 1.38. The molecule has 2 aromatic carbocycles. The van der Waals surface area contributed by atoms with E-state index in [9.17, 15) is 8.42 Å². The van der Waals surface area contributed by atoms with Crippen LogP contribution in [0.15, 0.2) is 47.4 Å². The van der Waals surface area contributed by atoms with Gasteiger partial charge in [0.1, 0.15) is 5.75 Å². The van der Waals surface area contributed by atoms with Crippen molar-refractivity contribution in [3.63, 3.8) is 0 Å². The van der Waals surface area contributed by atoms with E-state index in [2.05, 4.69) is 45.7 Å². The Labute approximate surface area is 193 Å². The SMILES string of the molecule is Cc1cccc(N2CCN(CCCCNS(=O)(=O)c3ccc(OC(C)C)c(C)c3)CC2)c1. The van der Waals surface area contributed by atoms with E-state index in [0.29, 0.717) is 11.4 Å². The van der Waals surface area contributed by atoms with Gasteiger partial charge in [-0.05, 0) is 88.5 Å². The summed E-state index contributed by atoms with van der Waals surface area (Å²) in [4.78, 5) is 5.20. The van der Waals surface area contributed by atoms with Crippen molar-refractivity contribution in [2.24, 2.45) is 0 Å². The molecule has 3 rings (SSSR count). The lowest BCUT2D eigenvalue weighted by molar-refractivity contribution is 0.240. The van der Waals surface area contributed by atoms with Crippen LogP contribution in [0.2, 0.25) is 0 Å². The first-order chi connectivity index (χ1) is 15.2. The van der Waals surface area contributed by atoms with Crippen LogP contribution in [0.25, 0.3) is 0 Å². The first kappa shape index (κ1) is 24.6. The predicted molar refractivity (Wildman–Crippen MR) is 131 cm³/mol. The van der Waals surface area contributed by atoms with Crippen molar-refractivity contribution >= 4 is 15.7 Å². The number of hydrogen-bond donors (Lipinski definition) is 1. The monoisotopic (exact) mass is 459 g/mol. The highest BCUT2D eigenvalue weighted by Gasteiger charge is 2.18. The third kappa shape index (κ3) is 6.95. The third-order valence-electron chi connectivity index (χ3n) is 5.75. The lowest BCUT2D eigenvalue weighted by atomic mass is 10.2. The van der Waals surface area contributed by atoms with Crippen molar-refractivity contribution in [1.82, 2.24) is 9.62 Å². The highest BCUT2D eigenvalue weighted by atomic mass is 32.2. The summed E-state index contributed by atoms with van der Waals surface area (Å²) in [5.41, 5.74) is 3.42. The molecule has 1 N–H and O–H groups in total. The Morgan fingerprint density at radius 1 is 1.00 bits per heavy atom. The van der Waals surface area contributed by atoms with Crippen LogP contribution in [-0.4, -0.2) is 58.7 Å². The van der Waals surface area contributed by atoms with E-state index in [-0.39, 0.29) is 6.10 Å². The molecule has 0 spiro atoms. The minimum Gasteiger partial charge on any atom is -0.491 e. The van der Waals surface area contributed by atoms with Crippen molar-refractivity contribution in [1.29, 1.82) is 0 Å². The summed E-state index contributed by atoms with van der Waals surface area (Å²) in [6.07, 6.45) is 1.86. The largest absolute Gasteiger partial charge is 0.491 e. The van der Waals surface area contributed by atoms with Gasteiger partial charge in [-0.1, -0.05) is 12.1 Å². The topological polar surface area (TPSA) is 61.9 Å². The Morgan fingerprint density at radius 2 is 1.75 bits per heavy atom. The second kappa shape index (κ2) is 11.2. The molecule has 1 fully saturated rings. The van der Waals surface area contributed by atoms with Crippen LogP contribution in [-0.2, 0) is 10.0 Å². The summed E-state index contributed by atoms with van der Waals surface area (Å²) in [6.45, 7) is 13.5. The first-order valence-electron chi connectivity index (χ1n) is 11.6. The van der Waals surface area contributed by atoms with Crippen LogP contribution in [0.5, 0.6) is 5.75 Å². The summed E-state index contributed by atoms with van der Waals surface area (Å²) in [5.74, 6) is 0.724. The van der Waals surface area contributed by atoms with Crippen LogP contribution in [0.1, 0.15) is 37.8 Å². The van der Waals surface area contributed by atoms with E-state index in [4.69, 9.17) is 4.74 Å². The molecule has 0 saturated carbocycles. The predicted octanol–water partition coefficient (Wildman–Crippen LogP) is 3.97. The molecule has 2 aromatic rings. The normalized spacial score (nSPS) is 15.3. The van der Waals surface area contributed by atoms with Gasteiger partial charge in [0.2, 0.25) is 10.0 Å². The minimum absolute atomic E-state index is 0.0554. The molecule has 1 aliphatic rings. The molecule has 6 nitrogen and oxygen atoms in total. The van der Waals surface area contributed by atoms with Crippen LogP contribution in [0, 0.1) is 13.8 Å². The van der Waals surface area contributed by atoms with Gasteiger partial charge in [0.15, 0.2) is 0 Å². The molecular formula is C25H37N3O3S. The molecule has 0 amide bonds. The fourth-order valence-corrected chi connectivity index (χ4v) is 5.14. The second-order valence-corrected chi connectivity index (χ2v) is 10.6. The zero-order valence-corrected chi connectivity index (χ0v) is 20.6. The number of benzene rings is 2. The van der Waals surface area contributed by atoms with E-state index in [1.165, 1.54) is 11.3 Å². The molecule has 32 heavy (non-hydrogen) atoms. The van der Waals surface area contributed by atoms with E-state index in [0.717, 1.165) is 56.9 Å². The van der Waals surface area contributed by atoms with Crippen molar-refractivity contribution in [2.75, 3.05) is 44.2 Å². The summed E-state index contributed by atoms with van der Waals surface area (Å²) < 4.78 is 33.7. The lowest BCUT2D eigenvalue weighted by Crippen LogP contribution is -2.46. The Hall–Kier alpha value is -2.09. The smallest absolute Gasteiger partial charge is 0.240 e. The fourth-order valence-electron chi connectivity index (χ4n) is 3.98. The molecule has 0 bridgehead atoms. The van der Waals surface area contributed by atoms with Gasteiger partial charge in [-0.25, -0.2) is 13.1 Å². The number of anilines is 1. The number of piperazine rings is 1. The van der Waals surface area contributed by atoms with Crippen LogP contribution < -0.4 is 14.4 Å². The maximum atomic E-state index is 12.6. The van der Waals surface area contributed by atoms with Gasteiger partial charge in [-0.2, -0.15) is 0 Å². The molecular weight excluding hydrogens is 422 g/mol. The first-order valence-corrected chi connectivity index (χ1v) is 13.0. The zero-order valence-electron chi connectivity index (χ0n) is 19.8. The number of hydrogen-bond acceptors (Lipinski definition) is 5. The van der Waals surface area contributed by atoms with Crippen LogP contribution in [0.4, 0.5) is 5.69 Å².